The van der Waals surface area contributed by atoms with E-state index in [9.17, 15) is 0 Å². The van der Waals surface area contributed by atoms with Crippen LogP contribution in [0.25, 0.3) is 0 Å². The lowest BCUT2D eigenvalue weighted by molar-refractivity contribution is 0.296. The number of fused-ring (bicyclic) bond motifs is 1. The van der Waals surface area contributed by atoms with Crippen LogP contribution in [-0.2, 0) is 12.2 Å². The van der Waals surface area contributed by atoms with Crippen molar-refractivity contribution < 1.29 is 9.84 Å². The maximum atomic E-state index is 8.72. The maximum Gasteiger partial charge on any atom is 0.126 e. The normalized spacial score (nSPS) is 13.6. The highest BCUT2D eigenvalue weighted by molar-refractivity contribution is 9.10. The van der Waals surface area contributed by atoms with Crippen LogP contribution >= 0.6 is 27.7 Å². The standard InChI is InChI=1S/C12H15BrO2S/c13-11-6-9-2-4-15-12(9)10(7-11)8-16-5-1-3-14/h6-7,14H,1-5,8H2. The predicted molar refractivity (Wildman–Crippen MR) is 71.2 cm³/mol. The van der Waals surface area contributed by atoms with E-state index in [1.54, 1.807) is 0 Å². The van der Waals surface area contributed by atoms with Crippen LogP contribution in [0.5, 0.6) is 5.75 Å². The number of hydrogen-bond donors (Lipinski definition) is 1. The Labute approximate surface area is 109 Å². The molecule has 0 radical (unpaired) electrons. The lowest BCUT2D eigenvalue weighted by Crippen LogP contribution is -1.92. The van der Waals surface area contributed by atoms with E-state index in [1.165, 1.54) is 11.1 Å². The molecule has 0 aromatic heterocycles. The van der Waals surface area contributed by atoms with E-state index >= 15 is 0 Å². The largest absolute Gasteiger partial charge is 0.493 e. The first-order valence-electron chi connectivity index (χ1n) is 5.44. The third kappa shape index (κ3) is 2.93. The molecule has 1 aliphatic heterocycles. The van der Waals surface area contributed by atoms with Crippen LogP contribution in [0, 0.1) is 0 Å². The average Bonchev–Trinajstić information content (AvgIpc) is 2.72. The number of rotatable bonds is 5. The van der Waals surface area contributed by atoms with Crippen molar-refractivity contribution in [2.24, 2.45) is 0 Å². The van der Waals surface area contributed by atoms with Crippen molar-refractivity contribution in [1.82, 2.24) is 0 Å². The van der Waals surface area contributed by atoms with E-state index in [2.05, 4.69) is 28.1 Å². The molecule has 0 amide bonds. The molecule has 88 valence electrons. The first-order chi connectivity index (χ1) is 7.81. The Morgan fingerprint density at radius 3 is 3.12 bits per heavy atom. The molecule has 4 heteroatoms. The smallest absolute Gasteiger partial charge is 0.126 e. The monoisotopic (exact) mass is 302 g/mol. The van der Waals surface area contributed by atoms with Gasteiger partial charge in [-0.3, -0.25) is 0 Å². The summed E-state index contributed by atoms with van der Waals surface area (Å²) >= 11 is 5.38. The van der Waals surface area contributed by atoms with E-state index in [-0.39, 0.29) is 6.61 Å². The lowest BCUT2D eigenvalue weighted by atomic mass is 10.1. The molecule has 1 aliphatic rings. The van der Waals surface area contributed by atoms with Crippen molar-refractivity contribution in [3.63, 3.8) is 0 Å². The fourth-order valence-electron chi connectivity index (χ4n) is 1.80. The summed E-state index contributed by atoms with van der Waals surface area (Å²) < 4.78 is 6.79. The fourth-order valence-corrected chi connectivity index (χ4v) is 3.27. The van der Waals surface area contributed by atoms with Crippen molar-refractivity contribution in [3.05, 3.63) is 27.7 Å². The summed E-state index contributed by atoms with van der Waals surface area (Å²) in [6, 6.07) is 4.28. The minimum Gasteiger partial charge on any atom is -0.493 e. The van der Waals surface area contributed by atoms with Crippen molar-refractivity contribution in [1.29, 1.82) is 0 Å². The highest BCUT2D eigenvalue weighted by Crippen LogP contribution is 2.35. The van der Waals surface area contributed by atoms with E-state index in [1.807, 2.05) is 11.8 Å². The summed E-state index contributed by atoms with van der Waals surface area (Å²) in [5.74, 6) is 3.04. The molecule has 0 unspecified atom stereocenters. The van der Waals surface area contributed by atoms with Gasteiger partial charge in [0, 0.05) is 28.8 Å². The molecular formula is C12H15BrO2S. The molecule has 1 N–H and O–H groups in total. The topological polar surface area (TPSA) is 29.5 Å². The summed E-state index contributed by atoms with van der Waals surface area (Å²) in [7, 11) is 0. The summed E-state index contributed by atoms with van der Waals surface area (Å²) in [4.78, 5) is 0. The van der Waals surface area contributed by atoms with Gasteiger partial charge in [-0.25, -0.2) is 0 Å². The molecule has 1 heterocycles. The van der Waals surface area contributed by atoms with Crippen molar-refractivity contribution in [2.45, 2.75) is 18.6 Å². The van der Waals surface area contributed by atoms with Gasteiger partial charge < -0.3 is 9.84 Å². The van der Waals surface area contributed by atoms with Gasteiger partial charge in [0.15, 0.2) is 0 Å². The lowest BCUT2D eigenvalue weighted by Gasteiger charge is -2.08. The zero-order chi connectivity index (χ0) is 11.4. The van der Waals surface area contributed by atoms with Crippen LogP contribution in [0.2, 0.25) is 0 Å². The Hall–Kier alpha value is -0.190. The Balaban J connectivity index is 2.03. The molecule has 0 bridgehead atoms. The third-order valence-electron chi connectivity index (χ3n) is 2.53. The molecule has 0 fully saturated rings. The van der Waals surface area contributed by atoms with Crippen LogP contribution in [0.15, 0.2) is 16.6 Å². The third-order valence-corrected chi connectivity index (χ3v) is 4.08. The van der Waals surface area contributed by atoms with E-state index < -0.39 is 0 Å². The number of aliphatic hydroxyl groups excluding tert-OH is 1. The number of halogens is 1. The average molecular weight is 303 g/mol. The van der Waals surface area contributed by atoms with Gasteiger partial charge in [0.25, 0.3) is 0 Å². The molecular weight excluding hydrogens is 288 g/mol. The van der Waals surface area contributed by atoms with Gasteiger partial charge in [-0.2, -0.15) is 11.8 Å². The molecule has 1 aromatic carbocycles. The molecule has 0 saturated carbocycles. The van der Waals surface area contributed by atoms with Gasteiger partial charge in [0.1, 0.15) is 5.75 Å². The molecule has 2 rings (SSSR count). The number of benzene rings is 1. The number of hydrogen-bond acceptors (Lipinski definition) is 3. The van der Waals surface area contributed by atoms with E-state index in [4.69, 9.17) is 9.84 Å². The summed E-state index contributed by atoms with van der Waals surface area (Å²) in [6.45, 7) is 1.08. The highest BCUT2D eigenvalue weighted by atomic mass is 79.9. The Morgan fingerprint density at radius 1 is 1.44 bits per heavy atom. The summed E-state index contributed by atoms with van der Waals surface area (Å²) in [5, 5.41) is 8.72. The minimum atomic E-state index is 0.278. The molecule has 16 heavy (non-hydrogen) atoms. The predicted octanol–water partition coefficient (Wildman–Crippen LogP) is 3.00. The number of ether oxygens (including phenoxy) is 1. The van der Waals surface area contributed by atoms with Gasteiger partial charge in [-0.05, 0) is 29.9 Å². The van der Waals surface area contributed by atoms with Gasteiger partial charge in [0.05, 0.1) is 6.61 Å². The van der Waals surface area contributed by atoms with Crippen molar-refractivity contribution in [2.75, 3.05) is 19.0 Å². The Kier molecular flexibility index (Phi) is 4.55. The minimum absolute atomic E-state index is 0.278. The fraction of sp³-hybridized carbons (Fsp3) is 0.500. The quantitative estimate of drug-likeness (QED) is 0.848. The van der Waals surface area contributed by atoms with E-state index in [0.29, 0.717) is 0 Å². The zero-order valence-electron chi connectivity index (χ0n) is 9.04. The first-order valence-corrected chi connectivity index (χ1v) is 7.38. The van der Waals surface area contributed by atoms with Crippen LogP contribution in [0.1, 0.15) is 17.5 Å². The number of thioether (sulfide) groups is 1. The van der Waals surface area contributed by atoms with Crippen molar-refractivity contribution >= 4 is 27.7 Å². The van der Waals surface area contributed by atoms with E-state index in [0.717, 1.165) is 41.2 Å². The second-order valence-electron chi connectivity index (χ2n) is 3.78. The molecule has 2 nitrogen and oxygen atoms in total. The number of aliphatic hydroxyl groups is 1. The molecule has 0 atom stereocenters. The van der Waals surface area contributed by atoms with Crippen LogP contribution < -0.4 is 4.74 Å². The second kappa shape index (κ2) is 5.94. The Morgan fingerprint density at radius 2 is 2.31 bits per heavy atom. The van der Waals surface area contributed by atoms with Gasteiger partial charge in [-0.1, -0.05) is 15.9 Å². The van der Waals surface area contributed by atoms with Crippen LogP contribution in [0.4, 0.5) is 0 Å². The molecule has 0 aliphatic carbocycles. The highest BCUT2D eigenvalue weighted by Gasteiger charge is 2.17. The maximum absolute atomic E-state index is 8.72. The summed E-state index contributed by atoms with van der Waals surface area (Å²) in [5.41, 5.74) is 2.58. The summed E-state index contributed by atoms with van der Waals surface area (Å²) in [6.07, 6.45) is 1.88. The van der Waals surface area contributed by atoms with Crippen LogP contribution in [0.3, 0.4) is 0 Å². The Bertz CT molecular complexity index is 368. The van der Waals surface area contributed by atoms with Crippen LogP contribution in [-0.4, -0.2) is 24.1 Å². The van der Waals surface area contributed by atoms with Gasteiger partial charge in [0.2, 0.25) is 0 Å². The SMILES string of the molecule is OCCCSCc1cc(Br)cc2c1OCC2. The molecule has 0 spiro atoms. The zero-order valence-corrected chi connectivity index (χ0v) is 11.4. The van der Waals surface area contributed by atoms with Gasteiger partial charge >= 0.3 is 0 Å². The van der Waals surface area contributed by atoms with Gasteiger partial charge in [-0.15, -0.1) is 0 Å². The van der Waals surface area contributed by atoms with Crippen molar-refractivity contribution in [3.8, 4) is 5.75 Å². The molecule has 0 saturated heterocycles. The first kappa shape index (κ1) is 12.3. The second-order valence-corrected chi connectivity index (χ2v) is 5.80. The molecule has 1 aromatic rings.